The van der Waals surface area contributed by atoms with Crippen molar-refractivity contribution in [2.24, 2.45) is 5.73 Å². The van der Waals surface area contributed by atoms with E-state index in [0.29, 0.717) is 6.04 Å². The molecule has 0 aliphatic heterocycles. The molecule has 1 atom stereocenters. The lowest BCUT2D eigenvalue weighted by Gasteiger charge is -2.10. The van der Waals surface area contributed by atoms with E-state index in [1.807, 2.05) is 12.2 Å². The van der Waals surface area contributed by atoms with Crippen molar-refractivity contribution in [3.05, 3.63) is 24.8 Å². The molecule has 0 fully saturated rings. The summed E-state index contributed by atoms with van der Waals surface area (Å²) >= 11 is 0. The first-order valence-corrected chi connectivity index (χ1v) is 8.34. The third-order valence-electron chi connectivity index (χ3n) is 3.65. The molecule has 0 amide bonds. The third-order valence-corrected chi connectivity index (χ3v) is 3.65. The zero-order valence-corrected chi connectivity index (χ0v) is 13.1. The molecule has 1 heteroatoms. The van der Waals surface area contributed by atoms with Gasteiger partial charge in [-0.05, 0) is 25.7 Å². The highest BCUT2D eigenvalue weighted by Crippen LogP contribution is 2.12. The van der Waals surface area contributed by atoms with Crippen molar-refractivity contribution >= 4 is 0 Å². The van der Waals surface area contributed by atoms with Gasteiger partial charge in [0.15, 0.2) is 0 Å². The van der Waals surface area contributed by atoms with Crippen molar-refractivity contribution in [2.75, 3.05) is 0 Å². The number of hydrogen-bond acceptors (Lipinski definition) is 1. The van der Waals surface area contributed by atoms with E-state index in [1.54, 1.807) is 0 Å². The lowest BCUT2D eigenvalue weighted by Crippen LogP contribution is -2.19. The number of unbranched alkanes of at least 4 members (excludes halogenated alkanes) is 8. The van der Waals surface area contributed by atoms with Crippen LogP contribution in [0.4, 0.5) is 0 Å². The minimum absolute atomic E-state index is 0.455. The standard InChI is InChI=1S/C18H35N/c1-3-5-7-8-9-10-11-12-13-14-15-17-18(19)16-6-4-2/h3,5,7,18H,1,4,6,8-17,19H2,2H3/b7-5+. The van der Waals surface area contributed by atoms with Crippen LogP contribution in [-0.4, -0.2) is 6.04 Å². The molecule has 0 radical (unpaired) electrons. The second-order valence-corrected chi connectivity index (χ2v) is 5.62. The molecule has 1 unspecified atom stereocenters. The molecule has 0 aliphatic rings. The van der Waals surface area contributed by atoms with Gasteiger partial charge in [0, 0.05) is 6.04 Å². The van der Waals surface area contributed by atoms with Crippen molar-refractivity contribution in [3.63, 3.8) is 0 Å². The van der Waals surface area contributed by atoms with Gasteiger partial charge >= 0.3 is 0 Å². The van der Waals surface area contributed by atoms with E-state index < -0.39 is 0 Å². The normalized spacial score (nSPS) is 12.9. The molecule has 2 N–H and O–H groups in total. The molecule has 0 aromatic rings. The summed E-state index contributed by atoms with van der Waals surface area (Å²) in [5, 5.41) is 0. The maximum atomic E-state index is 6.07. The van der Waals surface area contributed by atoms with E-state index in [1.165, 1.54) is 77.0 Å². The van der Waals surface area contributed by atoms with E-state index in [-0.39, 0.29) is 0 Å². The van der Waals surface area contributed by atoms with Crippen LogP contribution in [0.5, 0.6) is 0 Å². The first-order valence-electron chi connectivity index (χ1n) is 8.34. The molecule has 0 heterocycles. The second-order valence-electron chi connectivity index (χ2n) is 5.62. The van der Waals surface area contributed by atoms with Gasteiger partial charge in [-0.3, -0.25) is 0 Å². The molecule has 0 aromatic carbocycles. The molecule has 0 rings (SSSR count). The number of hydrogen-bond donors (Lipinski definition) is 1. The van der Waals surface area contributed by atoms with Crippen molar-refractivity contribution in [2.45, 2.75) is 90.0 Å². The molecule has 19 heavy (non-hydrogen) atoms. The Labute approximate surface area is 121 Å². The van der Waals surface area contributed by atoms with E-state index in [2.05, 4.69) is 19.6 Å². The Hall–Kier alpha value is -0.560. The zero-order chi connectivity index (χ0) is 14.2. The minimum atomic E-state index is 0.455. The van der Waals surface area contributed by atoms with E-state index in [0.717, 1.165) is 0 Å². The molecule has 1 nitrogen and oxygen atoms in total. The SMILES string of the molecule is C=C/C=C/CCCCCCCCCC(N)CCCC. The molecule has 0 saturated heterocycles. The molecule has 0 saturated carbocycles. The summed E-state index contributed by atoms with van der Waals surface area (Å²) in [4.78, 5) is 0. The lowest BCUT2D eigenvalue weighted by molar-refractivity contribution is 0.495. The van der Waals surface area contributed by atoms with Crippen LogP contribution in [0.2, 0.25) is 0 Å². The quantitative estimate of drug-likeness (QED) is 0.314. The zero-order valence-electron chi connectivity index (χ0n) is 13.1. The fraction of sp³-hybridized carbons (Fsp3) is 0.778. The van der Waals surface area contributed by atoms with Crippen LogP contribution in [0, 0.1) is 0 Å². The lowest BCUT2D eigenvalue weighted by atomic mass is 10.0. The fourth-order valence-electron chi connectivity index (χ4n) is 2.36. The van der Waals surface area contributed by atoms with Crippen LogP contribution in [-0.2, 0) is 0 Å². The summed E-state index contributed by atoms with van der Waals surface area (Å²) in [5.41, 5.74) is 6.07. The predicted octanol–water partition coefficient (Wildman–Crippen LogP) is 5.76. The van der Waals surface area contributed by atoms with Crippen molar-refractivity contribution < 1.29 is 0 Å². The summed E-state index contributed by atoms with van der Waals surface area (Å²) in [6.45, 7) is 5.91. The van der Waals surface area contributed by atoms with Gasteiger partial charge in [0.05, 0.1) is 0 Å². The first kappa shape index (κ1) is 18.4. The topological polar surface area (TPSA) is 26.0 Å². The first-order chi connectivity index (χ1) is 9.31. The van der Waals surface area contributed by atoms with Crippen LogP contribution in [0.3, 0.4) is 0 Å². The highest BCUT2D eigenvalue weighted by molar-refractivity contribution is 4.96. The Bertz CT molecular complexity index is 208. The monoisotopic (exact) mass is 265 g/mol. The van der Waals surface area contributed by atoms with Gasteiger partial charge in [-0.1, -0.05) is 83.1 Å². The number of rotatable bonds is 14. The second kappa shape index (κ2) is 15.5. The van der Waals surface area contributed by atoms with E-state index >= 15 is 0 Å². The van der Waals surface area contributed by atoms with Crippen LogP contribution in [0.15, 0.2) is 24.8 Å². The Balaban J connectivity index is 3.10. The highest BCUT2D eigenvalue weighted by atomic mass is 14.6. The average Bonchev–Trinajstić information content (AvgIpc) is 2.42. The summed E-state index contributed by atoms with van der Waals surface area (Å²) in [6.07, 6.45) is 21.9. The Kier molecular flexibility index (Phi) is 15.0. The number of nitrogens with two attached hydrogens (primary N) is 1. The smallest absolute Gasteiger partial charge is 0.00388 e. The fourth-order valence-corrected chi connectivity index (χ4v) is 2.36. The van der Waals surface area contributed by atoms with Gasteiger partial charge in [0.25, 0.3) is 0 Å². The van der Waals surface area contributed by atoms with Gasteiger partial charge in [-0.15, -0.1) is 0 Å². The molecular weight excluding hydrogens is 230 g/mol. The summed E-state index contributed by atoms with van der Waals surface area (Å²) in [7, 11) is 0. The molecule has 0 spiro atoms. The minimum Gasteiger partial charge on any atom is -0.328 e. The highest BCUT2D eigenvalue weighted by Gasteiger charge is 2.01. The Morgan fingerprint density at radius 2 is 1.47 bits per heavy atom. The van der Waals surface area contributed by atoms with Gasteiger partial charge in [-0.2, -0.15) is 0 Å². The molecule has 0 bridgehead atoms. The van der Waals surface area contributed by atoms with Crippen LogP contribution in [0.1, 0.15) is 84.0 Å². The largest absolute Gasteiger partial charge is 0.328 e. The average molecular weight is 265 g/mol. The summed E-state index contributed by atoms with van der Waals surface area (Å²) in [6, 6.07) is 0.455. The molecule has 112 valence electrons. The maximum Gasteiger partial charge on any atom is 0.00388 e. The van der Waals surface area contributed by atoms with E-state index in [9.17, 15) is 0 Å². The number of allylic oxidation sites excluding steroid dienone is 3. The molecule has 0 aromatic heterocycles. The summed E-state index contributed by atoms with van der Waals surface area (Å²) in [5.74, 6) is 0. The maximum absolute atomic E-state index is 6.07. The van der Waals surface area contributed by atoms with Crippen LogP contribution < -0.4 is 5.73 Å². The van der Waals surface area contributed by atoms with Gasteiger partial charge in [-0.25, -0.2) is 0 Å². The van der Waals surface area contributed by atoms with Gasteiger partial charge < -0.3 is 5.73 Å². The summed E-state index contributed by atoms with van der Waals surface area (Å²) < 4.78 is 0. The Morgan fingerprint density at radius 1 is 0.895 bits per heavy atom. The van der Waals surface area contributed by atoms with Crippen LogP contribution in [0.25, 0.3) is 0 Å². The van der Waals surface area contributed by atoms with Gasteiger partial charge in [0.1, 0.15) is 0 Å². The van der Waals surface area contributed by atoms with Gasteiger partial charge in [0.2, 0.25) is 0 Å². The molecular formula is C18H35N. The van der Waals surface area contributed by atoms with Crippen molar-refractivity contribution in [1.29, 1.82) is 0 Å². The third kappa shape index (κ3) is 15.4. The Morgan fingerprint density at radius 3 is 2.11 bits per heavy atom. The van der Waals surface area contributed by atoms with Crippen molar-refractivity contribution in [3.8, 4) is 0 Å². The predicted molar refractivity (Wildman–Crippen MR) is 88.4 cm³/mol. The molecule has 0 aliphatic carbocycles. The van der Waals surface area contributed by atoms with Crippen molar-refractivity contribution in [1.82, 2.24) is 0 Å². The van der Waals surface area contributed by atoms with E-state index in [4.69, 9.17) is 5.73 Å². The van der Waals surface area contributed by atoms with Crippen LogP contribution >= 0.6 is 0 Å².